The van der Waals surface area contributed by atoms with Crippen molar-refractivity contribution in [3.63, 3.8) is 0 Å². The first-order chi connectivity index (χ1) is 9.06. The van der Waals surface area contributed by atoms with Gasteiger partial charge in [-0.15, -0.1) is 0 Å². The molecule has 0 bridgehead atoms. The maximum atomic E-state index is 14.0. The number of nitrogen functional groups attached to an aromatic ring is 1. The van der Waals surface area contributed by atoms with Crippen molar-refractivity contribution in [3.05, 3.63) is 45.8 Å². The van der Waals surface area contributed by atoms with Crippen LogP contribution in [0.15, 0.2) is 34.9 Å². The summed E-state index contributed by atoms with van der Waals surface area (Å²) in [4.78, 5) is 8.38. The molecule has 4 nitrogen and oxygen atoms in total. The third-order valence-corrected chi connectivity index (χ3v) is 3.31. The van der Waals surface area contributed by atoms with Crippen molar-refractivity contribution in [3.8, 4) is 5.69 Å². The fourth-order valence-electron chi connectivity index (χ4n) is 1.86. The normalized spacial score (nSPS) is 11.1. The third kappa shape index (κ3) is 2.06. The number of hydrogen-bond donors (Lipinski definition) is 1. The number of halogens is 3. The third-order valence-electron chi connectivity index (χ3n) is 2.64. The summed E-state index contributed by atoms with van der Waals surface area (Å²) in [6, 6.07) is 6.12. The Morgan fingerprint density at radius 2 is 2.11 bits per heavy atom. The molecule has 0 amide bonds. The van der Waals surface area contributed by atoms with Gasteiger partial charge in [0.25, 0.3) is 0 Å². The van der Waals surface area contributed by atoms with Crippen LogP contribution in [0.25, 0.3) is 16.9 Å². The summed E-state index contributed by atoms with van der Waals surface area (Å²) >= 11 is 9.04. The van der Waals surface area contributed by atoms with E-state index in [9.17, 15) is 4.39 Å². The van der Waals surface area contributed by atoms with Crippen molar-refractivity contribution in [2.24, 2.45) is 0 Å². The maximum absolute atomic E-state index is 14.0. The number of nitrogens with zero attached hydrogens (tertiary/aromatic N) is 3. The smallest absolute Gasteiger partial charge is 0.207 e. The van der Waals surface area contributed by atoms with E-state index >= 15 is 0 Å². The molecule has 1 aromatic carbocycles. The molecule has 3 aromatic rings. The minimum atomic E-state index is -0.483. The predicted molar refractivity (Wildman–Crippen MR) is 75.9 cm³/mol. The van der Waals surface area contributed by atoms with Crippen LogP contribution >= 0.6 is 27.5 Å². The van der Waals surface area contributed by atoms with Gasteiger partial charge < -0.3 is 5.73 Å². The number of imidazole rings is 1. The molecule has 0 atom stereocenters. The van der Waals surface area contributed by atoms with Gasteiger partial charge >= 0.3 is 0 Å². The molecule has 0 spiro atoms. The molecule has 2 N–H and O–H groups in total. The molecular weight excluding hydrogens is 335 g/mol. The fourth-order valence-corrected chi connectivity index (χ4v) is 2.34. The number of pyridine rings is 1. The summed E-state index contributed by atoms with van der Waals surface area (Å²) in [5.74, 6) is -0.315. The molecular formula is C12H7BrClFN4. The van der Waals surface area contributed by atoms with Gasteiger partial charge in [-0.1, -0.05) is 11.6 Å². The lowest BCUT2D eigenvalue weighted by Gasteiger charge is -2.07. The minimum Gasteiger partial charge on any atom is -0.369 e. The van der Waals surface area contributed by atoms with E-state index in [1.807, 2.05) is 0 Å². The monoisotopic (exact) mass is 340 g/mol. The highest BCUT2D eigenvalue weighted by atomic mass is 79.9. The number of aromatic nitrogens is 3. The first-order valence-electron chi connectivity index (χ1n) is 5.31. The van der Waals surface area contributed by atoms with Crippen LogP contribution in [-0.4, -0.2) is 14.5 Å². The highest BCUT2D eigenvalue weighted by molar-refractivity contribution is 9.10. The average molecular weight is 342 g/mol. The largest absolute Gasteiger partial charge is 0.369 e. The highest BCUT2D eigenvalue weighted by Gasteiger charge is 2.15. The molecule has 96 valence electrons. The van der Waals surface area contributed by atoms with E-state index in [1.54, 1.807) is 24.4 Å². The minimum absolute atomic E-state index is 0.168. The zero-order valence-corrected chi connectivity index (χ0v) is 11.8. The van der Waals surface area contributed by atoms with Crippen LogP contribution in [0.5, 0.6) is 0 Å². The van der Waals surface area contributed by atoms with Gasteiger partial charge in [-0.05, 0) is 40.2 Å². The van der Waals surface area contributed by atoms with Gasteiger partial charge in [-0.25, -0.2) is 14.4 Å². The molecule has 7 heteroatoms. The van der Waals surface area contributed by atoms with E-state index in [0.29, 0.717) is 16.2 Å². The number of nitrogens with two attached hydrogens (primary N) is 1. The van der Waals surface area contributed by atoms with Crippen LogP contribution in [0.4, 0.5) is 10.3 Å². The van der Waals surface area contributed by atoms with Gasteiger partial charge in [0, 0.05) is 15.7 Å². The van der Waals surface area contributed by atoms with Gasteiger partial charge in [-0.2, -0.15) is 0 Å². The Morgan fingerprint density at radius 3 is 2.84 bits per heavy atom. The van der Waals surface area contributed by atoms with E-state index in [0.717, 1.165) is 4.47 Å². The Balaban J connectivity index is 2.33. The zero-order valence-electron chi connectivity index (χ0n) is 9.44. The van der Waals surface area contributed by atoms with E-state index in [4.69, 9.17) is 17.3 Å². The zero-order chi connectivity index (χ0) is 13.6. The summed E-state index contributed by atoms with van der Waals surface area (Å²) in [6.45, 7) is 0. The molecule has 0 radical (unpaired) electrons. The lowest BCUT2D eigenvalue weighted by molar-refractivity contribution is 0.620. The highest BCUT2D eigenvalue weighted by Crippen LogP contribution is 2.26. The Morgan fingerprint density at radius 1 is 1.32 bits per heavy atom. The lowest BCUT2D eigenvalue weighted by atomic mass is 10.3. The molecule has 0 aliphatic carbocycles. The van der Waals surface area contributed by atoms with Crippen molar-refractivity contribution < 1.29 is 4.39 Å². The topological polar surface area (TPSA) is 56.7 Å². The van der Waals surface area contributed by atoms with Gasteiger partial charge in [0.1, 0.15) is 11.3 Å². The number of fused-ring (bicyclic) bond motifs is 1. The summed E-state index contributed by atoms with van der Waals surface area (Å²) in [5.41, 5.74) is 7.17. The van der Waals surface area contributed by atoms with Crippen molar-refractivity contribution in [1.82, 2.24) is 14.5 Å². The molecule has 0 aliphatic heterocycles. The first kappa shape index (κ1) is 12.4. The number of hydrogen-bond acceptors (Lipinski definition) is 3. The summed E-state index contributed by atoms with van der Waals surface area (Å²) in [7, 11) is 0. The van der Waals surface area contributed by atoms with Crippen LogP contribution in [0.2, 0.25) is 5.02 Å². The van der Waals surface area contributed by atoms with Crippen LogP contribution in [0, 0.1) is 5.82 Å². The van der Waals surface area contributed by atoms with E-state index in [-0.39, 0.29) is 11.6 Å². The molecule has 0 fully saturated rings. The van der Waals surface area contributed by atoms with Crippen LogP contribution in [0.3, 0.4) is 0 Å². The van der Waals surface area contributed by atoms with E-state index < -0.39 is 5.82 Å². The van der Waals surface area contributed by atoms with Crippen molar-refractivity contribution >= 4 is 44.6 Å². The summed E-state index contributed by atoms with van der Waals surface area (Å²) in [6.07, 6.45) is 1.60. The number of benzene rings is 1. The summed E-state index contributed by atoms with van der Waals surface area (Å²) in [5, 5.41) is 0.319. The lowest BCUT2D eigenvalue weighted by Crippen LogP contribution is -2.03. The second kappa shape index (κ2) is 4.47. The van der Waals surface area contributed by atoms with Gasteiger partial charge in [0.05, 0.1) is 5.69 Å². The van der Waals surface area contributed by atoms with E-state index in [2.05, 4.69) is 25.9 Å². The van der Waals surface area contributed by atoms with Gasteiger partial charge in [-0.3, -0.25) is 4.57 Å². The van der Waals surface area contributed by atoms with Crippen LogP contribution in [0.1, 0.15) is 0 Å². The Kier molecular flexibility index (Phi) is 2.91. The van der Waals surface area contributed by atoms with Crippen LogP contribution < -0.4 is 5.73 Å². The SMILES string of the molecule is Nc1nc2cc(Br)cnc2n1-c1ccc(Cl)cc1F. The van der Waals surface area contributed by atoms with Crippen molar-refractivity contribution in [1.29, 1.82) is 0 Å². The van der Waals surface area contributed by atoms with Crippen molar-refractivity contribution in [2.75, 3.05) is 5.73 Å². The van der Waals surface area contributed by atoms with Crippen LogP contribution in [-0.2, 0) is 0 Å². The second-order valence-corrected chi connectivity index (χ2v) is 5.25. The number of rotatable bonds is 1. The fraction of sp³-hybridized carbons (Fsp3) is 0. The van der Waals surface area contributed by atoms with E-state index in [1.165, 1.54) is 10.6 Å². The van der Waals surface area contributed by atoms with Crippen molar-refractivity contribution in [2.45, 2.75) is 0 Å². The molecule has 3 rings (SSSR count). The molecule has 0 unspecified atom stereocenters. The van der Waals surface area contributed by atoms with Gasteiger partial charge in [0.15, 0.2) is 5.65 Å². The molecule has 19 heavy (non-hydrogen) atoms. The maximum Gasteiger partial charge on any atom is 0.207 e. The molecule has 2 heterocycles. The molecule has 0 saturated carbocycles. The second-order valence-electron chi connectivity index (χ2n) is 3.90. The predicted octanol–water partition coefficient (Wildman–Crippen LogP) is 3.56. The Bertz CT molecular complexity index is 787. The standard InChI is InChI=1S/C12H7BrClFN4/c13-6-3-9-11(17-5-6)19(12(16)18-9)10-2-1-7(14)4-8(10)15/h1-5H,(H2,16,18). The van der Waals surface area contributed by atoms with Gasteiger partial charge in [0.2, 0.25) is 5.95 Å². The number of anilines is 1. The molecule has 0 saturated heterocycles. The first-order valence-corrected chi connectivity index (χ1v) is 6.48. The Labute approximate surface area is 121 Å². The summed E-state index contributed by atoms with van der Waals surface area (Å²) < 4.78 is 16.2. The average Bonchev–Trinajstić information content (AvgIpc) is 2.65. The Hall–Kier alpha value is -1.66. The molecule has 0 aliphatic rings. The molecule has 2 aromatic heterocycles. The quantitative estimate of drug-likeness (QED) is 0.736.